The molecule has 1 N–H and O–H groups in total. The summed E-state index contributed by atoms with van der Waals surface area (Å²) >= 11 is 0. The molecule has 0 saturated heterocycles. The number of nitrogens with zero attached hydrogens (tertiary/aromatic N) is 4. The summed E-state index contributed by atoms with van der Waals surface area (Å²) in [5, 5.41) is 2.59. The van der Waals surface area contributed by atoms with E-state index in [1.165, 1.54) is 14.1 Å². The second-order valence-corrected chi connectivity index (χ2v) is 12.5. The number of alkyl halides is 2. The van der Waals surface area contributed by atoms with Gasteiger partial charge in [-0.05, 0) is 43.9 Å². The van der Waals surface area contributed by atoms with Crippen molar-refractivity contribution in [2.45, 2.75) is 71.3 Å². The number of hydrogen-bond acceptors (Lipinski definition) is 4. The summed E-state index contributed by atoms with van der Waals surface area (Å²) in [5.41, 5.74) is 1.62. The number of amides is 1. The lowest BCUT2D eigenvalue weighted by molar-refractivity contribution is -0.121. The van der Waals surface area contributed by atoms with Crippen LogP contribution in [0, 0.1) is 5.92 Å². The summed E-state index contributed by atoms with van der Waals surface area (Å²) in [6, 6.07) is 5.26. The number of imidazole rings is 1. The lowest BCUT2D eigenvalue weighted by Crippen LogP contribution is -2.44. The number of likely N-dealkylation sites (N-methyl/N-ethyl adjacent to an activating group) is 2. The minimum absolute atomic E-state index is 0.0915. The largest absolute Gasteiger partial charge is 0.355 e. The number of rotatable bonds is 8. The minimum Gasteiger partial charge on any atom is -0.355 e. The number of carbonyl (C=O) groups excluding carboxylic acids is 1. The first-order valence-corrected chi connectivity index (χ1v) is 13.4. The molecule has 196 valence electrons. The van der Waals surface area contributed by atoms with Gasteiger partial charge in [-0.1, -0.05) is 20.8 Å². The Labute approximate surface area is 206 Å². The Morgan fingerprint density at radius 2 is 1.86 bits per heavy atom. The van der Waals surface area contributed by atoms with Crippen LogP contribution in [-0.2, 0) is 27.0 Å². The van der Waals surface area contributed by atoms with Crippen molar-refractivity contribution in [3.05, 3.63) is 24.0 Å². The molecule has 1 fully saturated rings. The van der Waals surface area contributed by atoms with Crippen molar-refractivity contribution in [1.29, 1.82) is 0 Å². The molecule has 0 aliphatic heterocycles. The third-order valence-corrected chi connectivity index (χ3v) is 8.34. The molecule has 0 bridgehead atoms. The Morgan fingerprint density at radius 1 is 1.23 bits per heavy atom. The molecule has 1 aromatic heterocycles. The van der Waals surface area contributed by atoms with Crippen LogP contribution in [0.3, 0.4) is 0 Å². The van der Waals surface area contributed by atoms with Crippen LogP contribution in [0.2, 0.25) is 0 Å². The number of carbonyl (C=O) groups is 1. The molecule has 0 radical (unpaired) electrons. The first-order valence-electron chi connectivity index (χ1n) is 12.0. The zero-order valence-corrected chi connectivity index (χ0v) is 22.3. The molecule has 1 aliphatic rings. The topological polar surface area (TPSA) is 87.5 Å². The SMILES string of the molecule is CCNC(=O)CN(C)S(=O)(=O)N(C)c1ccc2c(c1)nc(C(C)(C)C)n2CC1CCC(F)(F)CC1. The van der Waals surface area contributed by atoms with Gasteiger partial charge in [0, 0.05) is 45.4 Å². The molecule has 2 aromatic rings. The number of hydrogen-bond donors (Lipinski definition) is 1. The molecule has 1 heterocycles. The summed E-state index contributed by atoms with van der Waals surface area (Å²) < 4.78 is 57.6. The zero-order valence-electron chi connectivity index (χ0n) is 21.4. The van der Waals surface area contributed by atoms with Crippen LogP contribution in [0.4, 0.5) is 14.5 Å². The van der Waals surface area contributed by atoms with E-state index in [0.29, 0.717) is 37.1 Å². The fourth-order valence-corrected chi connectivity index (χ4v) is 5.57. The van der Waals surface area contributed by atoms with Gasteiger partial charge in [-0.3, -0.25) is 9.10 Å². The van der Waals surface area contributed by atoms with Crippen molar-refractivity contribution >= 4 is 32.8 Å². The highest BCUT2D eigenvalue weighted by Gasteiger charge is 2.36. The van der Waals surface area contributed by atoms with Crippen LogP contribution in [0.5, 0.6) is 0 Å². The number of fused-ring (bicyclic) bond motifs is 1. The van der Waals surface area contributed by atoms with E-state index in [1.807, 2.05) is 26.8 Å². The molecule has 1 saturated carbocycles. The molecule has 35 heavy (non-hydrogen) atoms. The Bertz CT molecular complexity index is 1160. The molecule has 8 nitrogen and oxygen atoms in total. The van der Waals surface area contributed by atoms with Crippen LogP contribution in [-0.4, -0.2) is 61.3 Å². The highest BCUT2D eigenvalue weighted by atomic mass is 32.2. The van der Waals surface area contributed by atoms with Gasteiger partial charge in [0.2, 0.25) is 11.8 Å². The summed E-state index contributed by atoms with van der Waals surface area (Å²) in [7, 11) is -1.14. The minimum atomic E-state index is -3.94. The van der Waals surface area contributed by atoms with Crippen LogP contribution >= 0.6 is 0 Å². The molecular weight excluding hydrogens is 476 g/mol. The van der Waals surface area contributed by atoms with Crippen LogP contribution < -0.4 is 9.62 Å². The van der Waals surface area contributed by atoms with Gasteiger partial charge in [0.25, 0.3) is 0 Å². The van der Waals surface area contributed by atoms with Crippen molar-refractivity contribution in [1.82, 2.24) is 19.2 Å². The van der Waals surface area contributed by atoms with Crippen molar-refractivity contribution in [3.8, 4) is 0 Å². The van der Waals surface area contributed by atoms with E-state index in [-0.39, 0.29) is 36.6 Å². The van der Waals surface area contributed by atoms with Crippen molar-refractivity contribution in [2.24, 2.45) is 5.92 Å². The van der Waals surface area contributed by atoms with Crippen molar-refractivity contribution < 1.29 is 22.0 Å². The van der Waals surface area contributed by atoms with Crippen LogP contribution in [0.1, 0.15) is 59.2 Å². The molecule has 1 aromatic carbocycles. The quantitative estimate of drug-likeness (QED) is 0.580. The van der Waals surface area contributed by atoms with E-state index in [0.717, 1.165) is 20.0 Å². The predicted molar refractivity (Wildman–Crippen MR) is 134 cm³/mol. The van der Waals surface area contributed by atoms with E-state index in [1.54, 1.807) is 19.1 Å². The Kier molecular flexibility index (Phi) is 7.81. The van der Waals surface area contributed by atoms with E-state index < -0.39 is 16.1 Å². The van der Waals surface area contributed by atoms with Gasteiger partial charge >= 0.3 is 10.2 Å². The third-order valence-electron chi connectivity index (χ3n) is 6.52. The van der Waals surface area contributed by atoms with E-state index in [2.05, 4.69) is 9.88 Å². The van der Waals surface area contributed by atoms with Gasteiger partial charge < -0.3 is 9.88 Å². The van der Waals surface area contributed by atoms with Crippen LogP contribution in [0.25, 0.3) is 11.0 Å². The van der Waals surface area contributed by atoms with Gasteiger partial charge in [0.15, 0.2) is 0 Å². The second kappa shape index (κ2) is 10.0. The summed E-state index contributed by atoms with van der Waals surface area (Å²) in [6.07, 6.45) is 0.748. The molecule has 1 amide bonds. The maximum Gasteiger partial charge on any atom is 0.304 e. The summed E-state index contributed by atoms with van der Waals surface area (Å²) in [5.74, 6) is -1.98. The maximum absolute atomic E-state index is 13.7. The summed E-state index contributed by atoms with van der Waals surface area (Å²) in [4.78, 5) is 16.7. The maximum atomic E-state index is 13.7. The van der Waals surface area contributed by atoms with Gasteiger partial charge in [-0.15, -0.1) is 0 Å². The molecule has 0 atom stereocenters. The second-order valence-electron chi connectivity index (χ2n) is 10.5. The lowest BCUT2D eigenvalue weighted by Gasteiger charge is -2.30. The van der Waals surface area contributed by atoms with Crippen molar-refractivity contribution in [3.63, 3.8) is 0 Å². The van der Waals surface area contributed by atoms with Gasteiger partial charge in [-0.2, -0.15) is 12.7 Å². The van der Waals surface area contributed by atoms with Crippen LogP contribution in [0.15, 0.2) is 18.2 Å². The fourth-order valence-electron chi connectivity index (χ4n) is 4.49. The smallest absolute Gasteiger partial charge is 0.304 e. The van der Waals surface area contributed by atoms with Crippen molar-refractivity contribution in [2.75, 3.05) is 31.5 Å². The average Bonchev–Trinajstić information content (AvgIpc) is 3.12. The number of halogens is 2. The number of anilines is 1. The van der Waals surface area contributed by atoms with Gasteiger partial charge in [0.05, 0.1) is 23.3 Å². The third kappa shape index (κ3) is 6.11. The zero-order chi connectivity index (χ0) is 26.2. The fraction of sp³-hybridized carbons (Fsp3) is 0.667. The Balaban J connectivity index is 1.92. The molecule has 3 rings (SSSR count). The van der Waals surface area contributed by atoms with E-state index >= 15 is 0 Å². The number of nitrogens with one attached hydrogen (secondary N) is 1. The summed E-state index contributed by atoms with van der Waals surface area (Å²) in [6.45, 7) is 8.64. The Hall–Kier alpha value is -2.27. The first-order chi connectivity index (χ1) is 16.2. The normalized spacial score (nSPS) is 17.2. The Morgan fingerprint density at radius 3 is 2.43 bits per heavy atom. The number of benzene rings is 1. The van der Waals surface area contributed by atoms with E-state index in [9.17, 15) is 22.0 Å². The van der Waals surface area contributed by atoms with Gasteiger partial charge in [0.1, 0.15) is 5.82 Å². The van der Waals surface area contributed by atoms with E-state index in [4.69, 9.17) is 4.98 Å². The molecule has 0 unspecified atom stereocenters. The molecular formula is C24H37F2N5O3S. The number of aromatic nitrogens is 2. The average molecular weight is 514 g/mol. The predicted octanol–water partition coefficient (Wildman–Crippen LogP) is 3.91. The first kappa shape index (κ1) is 27.3. The highest BCUT2D eigenvalue weighted by molar-refractivity contribution is 7.90. The molecule has 0 spiro atoms. The highest BCUT2D eigenvalue weighted by Crippen LogP contribution is 2.38. The molecule has 1 aliphatic carbocycles. The lowest BCUT2D eigenvalue weighted by atomic mass is 9.86. The monoisotopic (exact) mass is 513 g/mol. The van der Waals surface area contributed by atoms with Gasteiger partial charge in [-0.25, -0.2) is 13.8 Å². The standard InChI is InChI=1S/C24H37F2N5O3S/c1-7-27-21(32)16-29(5)35(33,34)30(6)18-8-9-20-19(14-18)28-22(23(2,3)4)31(20)15-17-10-12-24(25,26)13-11-17/h8-9,14,17H,7,10-13,15-16H2,1-6H3,(H,27,32). The molecule has 11 heteroatoms.